The summed E-state index contributed by atoms with van der Waals surface area (Å²) in [5.74, 6) is -0.143. The van der Waals surface area contributed by atoms with Crippen LogP contribution < -0.4 is 5.32 Å². The van der Waals surface area contributed by atoms with Crippen LogP contribution in [-0.2, 0) is 7.05 Å². The Morgan fingerprint density at radius 3 is 2.39 bits per heavy atom. The zero-order valence-corrected chi connectivity index (χ0v) is 13.5. The number of hydrogen-bond donors (Lipinski definition) is 1. The average Bonchev–Trinajstić information content (AvgIpc) is 2.87. The minimum Gasteiger partial charge on any atom is -0.321 e. The van der Waals surface area contributed by atoms with Crippen LogP contribution in [0, 0.1) is 13.8 Å². The summed E-state index contributed by atoms with van der Waals surface area (Å²) in [6.07, 6.45) is 1.74. The first-order chi connectivity index (χ1) is 11.0. The molecule has 1 amide bonds. The van der Waals surface area contributed by atoms with Gasteiger partial charge in [-0.1, -0.05) is 48.0 Å². The molecule has 23 heavy (non-hydrogen) atoms. The van der Waals surface area contributed by atoms with E-state index in [1.165, 1.54) is 5.56 Å². The second-order valence-electron chi connectivity index (χ2n) is 5.67. The molecule has 1 aromatic heterocycles. The number of carbonyl (C=O) groups excluding carboxylic acids is 1. The van der Waals surface area contributed by atoms with Crippen LogP contribution in [0.3, 0.4) is 0 Å². The summed E-state index contributed by atoms with van der Waals surface area (Å²) in [6.45, 7) is 3.89. The summed E-state index contributed by atoms with van der Waals surface area (Å²) in [5.41, 5.74) is 5.40. The third kappa shape index (κ3) is 3.16. The van der Waals surface area contributed by atoms with Gasteiger partial charge in [-0.3, -0.25) is 9.48 Å². The lowest BCUT2D eigenvalue weighted by molar-refractivity contribution is 0.102. The van der Waals surface area contributed by atoms with Crippen molar-refractivity contribution in [2.75, 3.05) is 5.32 Å². The molecule has 0 aliphatic rings. The fourth-order valence-electron chi connectivity index (χ4n) is 2.59. The van der Waals surface area contributed by atoms with Gasteiger partial charge in [-0.05, 0) is 25.5 Å². The Morgan fingerprint density at radius 1 is 1.04 bits per heavy atom. The van der Waals surface area contributed by atoms with Gasteiger partial charge in [0.05, 0.1) is 11.3 Å². The zero-order chi connectivity index (χ0) is 16.4. The molecular formula is C19H19N3O. The molecule has 0 saturated carbocycles. The lowest BCUT2D eigenvalue weighted by Gasteiger charge is -2.11. The second-order valence-corrected chi connectivity index (χ2v) is 5.67. The maximum absolute atomic E-state index is 12.5. The first-order valence-electron chi connectivity index (χ1n) is 7.52. The Balaban J connectivity index is 1.93. The molecule has 0 fully saturated rings. The largest absolute Gasteiger partial charge is 0.321 e. The standard InChI is InChI=1S/C19H19N3O/c1-13-8-10-15(11-9-13)16-6-4-5-7-18(16)20-19(23)17-12-22(3)21-14(17)2/h4-12H,1-3H3,(H,20,23). The van der Waals surface area contributed by atoms with Crippen LogP contribution in [0.4, 0.5) is 5.69 Å². The third-order valence-electron chi connectivity index (χ3n) is 3.80. The summed E-state index contributed by atoms with van der Waals surface area (Å²) < 4.78 is 1.65. The maximum Gasteiger partial charge on any atom is 0.259 e. The highest BCUT2D eigenvalue weighted by Crippen LogP contribution is 2.28. The highest BCUT2D eigenvalue weighted by molar-refractivity contribution is 6.06. The van der Waals surface area contributed by atoms with Crippen LogP contribution in [0.15, 0.2) is 54.7 Å². The molecule has 0 atom stereocenters. The van der Waals surface area contributed by atoms with Crippen molar-refractivity contribution in [3.63, 3.8) is 0 Å². The van der Waals surface area contributed by atoms with Crippen molar-refractivity contribution in [3.8, 4) is 11.1 Å². The summed E-state index contributed by atoms with van der Waals surface area (Å²) in [6, 6.07) is 16.1. The highest BCUT2D eigenvalue weighted by Gasteiger charge is 2.14. The lowest BCUT2D eigenvalue weighted by Crippen LogP contribution is -2.13. The van der Waals surface area contributed by atoms with Gasteiger partial charge in [-0.15, -0.1) is 0 Å². The summed E-state index contributed by atoms with van der Waals surface area (Å²) in [4.78, 5) is 12.5. The number of aromatic nitrogens is 2. The Hall–Kier alpha value is -2.88. The predicted octanol–water partition coefficient (Wildman–Crippen LogP) is 3.96. The van der Waals surface area contributed by atoms with Crippen LogP contribution in [0.2, 0.25) is 0 Å². The zero-order valence-electron chi connectivity index (χ0n) is 13.5. The van der Waals surface area contributed by atoms with Crippen LogP contribution >= 0.6 is 0 Å². The van der Waals surface area contributed by atoms with E-state index < -0.39 is 0 Å². The van der Waals surface area contributed by atoms with Crippen LogP contribution in [-0.4, -0.2) is 15.7 Å². The summed E-state index contributed by atoms with van der Waals surface area (Å²) >= 11 is 0. The van der Waals surface area contributed by atoms with Crippen molar-refractivity contribution >= 4 is 11.6 Å². The molecule has 1 heterocycles. The molecule has 116 valence electrons. The third-order valence-corrected chi connectivity index (χ3v) is 3.80. The maximum atomic E-state index is 12.5. The number of anilines is 1. The second kappa shape index (κ2) is 6.08. The molecule has 0 aliphatic carbocycles. The van der Waals surface area contributed by atoms with Gasteiger partial charge in [0.25, 0.3) is 5.91 Å². The van der Waals surface area contributed by atoms with Gasteiger partial charge in [0.15, 0.2) is 0 Å². The monoisotopic (exact) mass is 305 g/mol. The molecule has 0 bridgehead atoms. The van der Waals surface area contributed by atoms with Crippen LogP contribution in [0.5, 0.6) is 0 Å². The van der Waals surface area contributed by atoms with E-state index in [0.29, 0.717) is 5.56 Å². The number of amides is 1. The van der Waals surface area contributed by atoms with Crippen molar-refractivity contribution < 1.29 is 4.79 Å². The quantitative estimate of drug-likeness (QED) is 0.796. The highest BCUT2D eigenvalue weighted by atomic mass is 16.1. The molecule has 1 N–H and O–H groups in total. The molecule has 0 spiro atoms. The molecule has 2 aromatic carbocycles. The van der Waals surface area contributed by atoms with Gasteiger partial charge in [0, 0.05) is 24.5 Å². The van der Waals surface area contributed by atoms with E-state index in [-0.39, 0.29) is 5.91 Å². The number of nitrogens with zero attached hydrogens (tertiary/aromatic N) is 2. The van der Waals surface area contributed by atoms with Crippen molar-refractivity contribution in [3.05, 3.63) is 71.5 Å². The minimum atomic E-state index is -0.143. The molecule has 0 radical (unpaired) electrons. The Kier molecular flexibility index (Phi) is 3.98. The molecule has 0 saturated heterocycles. The summed E-state index contributed by atoms with van der Waals surface area (Å²) in [7, 11) is 1.81. The van der Waals surface area contributed by atoms with E-state index in [9.17, 15) is 4.79 Å². The fourth-order valence-corrected chi connectivity index (χ4v) is 2.59. The molecule has 3 aromatic rings. The Morgan fingerprint density at radius 2 is 1.74 bits per heavy atom. The van der Waals surface area contributed by atoms with Crippen molar-refractivity contribution in [2.24, 2.45) is 7.05 Å². The van der Waals surface area contributed by atoms with E-state index in [1.54, 1.807) is 10.9 Å². The van der Waals surface area contributed by atoms with Gasteiger partial charge in [0.1, 0.15) is 0 Å². The molecule has 4 nitrogen and oxygen atoms in total. The van der Waals surface area contributed by atoms with E-state index >= 15 is 0 Å². The number of nitrogens with one attached hydrogen (secondary N) is 1. The van der Waals surface area contributed by atoms with Gasteiger partial charge < -0.3 is 5.32 Å². The molecule has 0 unspecified atom stereocenters. The number of benzene rings is 2. The van der Waals surface area contributed by atoms with E-state index in [2.05, 4.69) is 41.6 Å². The first kappa shape index (κ1) is 15.0. The van der Waals surface area contributed by atoms with E-state index in [1.807, 2.05) is 38.2 Å². The van der Waals surface area contributed by atoms with Crippen LogP contribution in [0.1, 0.15) is 21.6 Å². The fraction of sp³-hybridized carbons (Fsp3) is 0.158. The first-order valence-corrected chi connectivity index (χ1v) is 7.52. The minimum absolute atomic E-state index is 0.143. The summed E-state index contributed by atoms with van der Waals surface area (Å²) in [5, 5.41) is 7.22. The number of rotatable bonds is 3. The van der Waals surface area contributed by atoms with E-state index in [0.717, 1.165) is 22.5 Å². The van der Waals surface area contributed by atoms with Gasteiger partial charge in [-0.2, -0.15) is 5.10 Å². The molecular weight excluding hydrogens is 286 g/mol. The topological polar surface area (TPSA) is 46.9 Å². The van der Waals surface area contributed by atoms with Crippen molar-refractivity contribution in [1.29, 1.82) is 0 Å². The smallest absolute Gasteiger partial charge is 0.259 e. The number of aryl methyl sites for hydroxylation is 3. The van der Waals surface area contributed by atoms with Gasteiger partial charge >= 0.3 is 0 Å². The lowest BCUT2D eigenvalue weighted by atomic mass is 10.0. The van der Waals surface area contributed by atoms with Crippen molar-refractivity contribution in [2.45, 2.75) is 13.8 Å². The molecule has 3 rings (SSSR count). The molecule has 0 aliphatic heterocycles. The van der Waals surface area contributed by atoms with Gasteiger partial charge in [0.2, 0.25) is 0 Å². The average molecular weight is 305 g/mol. The normalized spacial score (nSPS) is 10.6. The van der Waals surface area contributed by atoms with E-state index in [4.69, 9.17) is 0 Å². The van der Waals surface area contributed by atoms with Crippen molar-refractivity contribution in [1.82, 2.24) is 9.78 Å². The Bertz CT molecular complexity index is 847. The predicted molar refractivity (Wildman–Crippen MR) is 92.5 cm³/mol. The number of para-hydroxylation sites is 1. The molecule has 4 heteroatoms. The number of hydrogen-bond acceptors (Lipinski definition) is 2. The SMILES string of the molecule is Cc1ccc(-c2ccccc2NC(=O)c2cn(C)nc2C)cc1. The van der Waals surface area contributed by atoms with Crippen LogP contribution in [0.25, 0.3) is 11.1 Å². The number of carbonyl (C=O) groups is 1. The van der Waals surface area contributed by atoms with Gasteiger partial charge in [-0.25, -0.2) is 0 Å². The Labute approximate surface area is 135 Å².